The predicted octanol–water partition coefficient (Wildman–Crippen LogP) is 4.82. The van der Waals surface area contributed by atoms with Crippen LogP contribution in [0.3, 0.4) is 0 Å². The van der Waals surface area contributed by atoms with Crippen LogP contribution in [0.5, 0.6) is 11.6 Å². The zero-order chi connectivity index (χ0) is 13.1. The maximum Gasteiger partial charge on any atom is 0.219 e. The van der Waals surface area contributed by atoms with Gasteiger partial charge in [0.2, 0.25) is 5.88 Å². The van der Waals surface area contributed by atoms with Crippen molar-refractivity contribution in [1.82, 2.24) is 4.98 Å². The molecule has 1 aromatic carbocycles. The molecule has 0 aliphatic rings. The summed E-state index contributed by atoms with van der Waals surface area (Å²) in [6.45, 7) is 1.87. The molecule has 2 aromatic rings. The van der Waals surface area contributed by atoms with Gasteiger partial charge in [-0.15, -0.1) is 11.6 Å². The number of alkyl halides is 1. The third-order valence-corrected chi connectivity index (χ3v) is 3.33. The summed E-state index contributed by atoms with van der Waals surface area (Å²) in [5, 5.41) is 0. The van der Waals surface area contributed by atoms with Crippen LogP contribution in [-0.2, 0) is 5.88 Å². The first-order valence-corrected chi connectivity index (χ1v) is 6.58. The largest absolute Gasteiger partial charge is 0.438 e. The second kappa shape index (κ2) is 5.67. The first-order chi connectivity index (χ1) is 8.60. The molecule has 0 spiro atoms. The predicted molar refractivity (Wildman–Crippen MR) is 72.7 cm³/mol. The first kappa shape index (κ1) is 13.3. The molecule has 0 N–H and O–H groups in total. The van der Waals surface area contributed by atoms with E-state index in [-0.39, 0.29) is 5.82 Å². The molecule has 0 aliphatic heterocycles. The summed E-state index contributed by atoms with van der Waals surface area (Å²) in [6.07, 6.45) is 0. The maximum absolute atomic E-state index is 12.9. The lowest BCUT2D eigenvalue weighted by molar-refractivity contribution is 0.456. The van der Waals surface area contributed by atoms with Gasteiger partial charge in [0, 0.05) is 17.6 Å². The van der Waals surface area contributed by atoms with Gasteiger partial charge in [-0.25, -0.2) is 9.37 Å². The van der Waals surface area contributed by atoms with Gasteiger partial charge in [-0.05, 0) is 46.6 Å². The molecule has 0 atom stereocenters. The number of halogens is 3. The lowest BCUT2D eigenvalue weighted by Gasteiger charge is -2.08. The number of pyridine rings is 1. The van der Waals surface area contributed by atoms with Crippen LogP contribution in [0.25, 0.3) is 0 Å². The number of ether oxygens (including phenoxy) is 1. The van der Waals surface area contributed by atoms with E-state index in [0.717, 1.165) is 11.3 Å². The van der Waals surface area contributed by atoms with E-state index in [4.69, 9.17) is 16.3 Å². The molecule has 0 unspecified atom stereocenters. The van der Waals surface area contributed by atoms with Crippen molar-refractivity contribution in [2.75, 3.05) is 0 Å². The number of benzene rings is 1. The summed E-state index contributed by atoms with van der Waals surface area (Å²) in [4.78, 5) is 4.28. The van der Waals surface area contributed by atoms with Crippen LogP contribution in [0.2, 0.25) is 0 Å². The van der Waals surface area contributed by atoms with Crippen LogP contribution >= 0.6 is 27.5 Å². The van der Waals surface area contributed by atoms with Crippen molar-refractivity contribution in [1.29, 1.82) is 0 Å². The fourth-order valence-corrected chi connectivity index (χ4v) is 2.15. The van der Waals surface area contributed by atoms with Crippen LogP contribution in [0.1, 0.15) is 11.3 Å². The Balaban J connectivity index is 2.26. The van der Waals surface area contributed by atoms with Crippen molar-refractivity contribution < 1.29 is 9.13 Å². The average molecular weight is 331 g/mol. The smallest absolute Gasteiger partial charge is 0.219 e. The molecule has 2 rings (SSSR count). The van der Waals surface area contributed by atoms with E-state index >= 15 is 0 Å². The zero-order valence-corrected chi connectivity index (χ0v) is 11.9. The highest BCUT2D eigenvalue weighted by molar-refractivity contribution is 9.10. The zero-order valence-electron chi connectivity index (χ0n) is 9.58. The number of hydrogen-bond donors (Lipinski definition) is 0. The topological polar surface area (TPSA) is 22.1 Å². The lowest BCUT2D eigenvalue weighted by Crippen LogP contribution is -1.94. The minimum absolute atomic E-state index is 0.323. The molecule has 94 valence electrons. The molecular formula is C13H10BrClFNO. The molecule has 2 nitrogen and oxygen atoms in total. The fourth-order valence-electron chi connectivity index (χ4n) is 1.44. The second-order valence-corrected chi connectivity index (χ2v) is 4.83. The van der Waals surface area contributed by atoms with Gasteiger partial charge in [0.05, 0.1) is 4.47 Å². The van der Waals surface area contributed by atoms with Crippen molar-refractivity contribution >= 4 is 27.5 Å². The Morgan fingerprint density at radius 2 is 2.11 bits per heavy atom. The third kappa shape index (κ3) is 3.00. The maximum atomic E-state index is 12.9. The molecular weight excluding hydrogens is 321 g/mol. The number of nitrogens with zero attached hydrogens (tertiary/aromatic N) is 1. The standard InChI is InChI=1S/C13H10BrClFNO/c1-8-9(7-15)2-5-13(17-8)18-12-4-3-10(16)6-11(12)14/h2-6H,7H2,1H3. The van der Waals surface area contributed by atoms with Crippen molar-refractivity contribution in [3.63, 3.8) is 0 Å². The van der Waals surface area contributed by atoms with Crippen molar-refractivity contribution in [2.24, 2.45) is 0 Å². The van der Waals surface area contributed by atoms with E-state index in [1.807, 2.05) is 13.0 Å². The molecule has 0 bridgehead atoms. The summed E-state index contributed by atoms with van der Waals surface area (Å²) in [7, 11) is 0. The van der Waals surface area contributed by atoms with Crippen molar-refractivity contribution in [3.8, 4) is 11.6 Å². The summed E-state index contributed by atoms with van der Waals surface area (Å²) >= 11 is 8.99. The summed E-state index contributed by atoms with van der Waals surface area (Å²) in [6, 6.07) is 7.82. The number of aryl methyl sites for hydroxylation is 1. The molecule has 0 amide bonds. The van der Waals surface area contributed by atoms with Gasteiger partial charge in [0.15, 0.2) is 0 Å². The molecule has 0 saturated heterocycles. The molecule has 0 radical (unpaired) electrons. The molecule has 1 heterocycles. The first-order valence-electron chi connectivity index (χ1n) is 5.25. The van der Waals surface area contributed by atoms with Gasteiger partial charge in [-0.2, -0.15) is 0 Å². The average Bonchev–Trinajstić information content (AvgIpc) is 2.33. The van der Waals surface area contributed by atoms with Crippen LogP contribution in [0, 0.1) is 12.7 Å². The van der Waals surface area contributed by atoms with Gasteiger partial charge in [0.1, 0.15) is 11.6 Å². The molecule has 5 heteroatoms. The Kier molecular flexibility index (Phi) is 4.19. The van der Waals surface area contributed by atoms with Gasteiger partial charge < -0.3 is 4.74 Å². The minimum Gasteiger partial charge on any atom is -0.438 e. The van der Waals surface area contributed by atoms with Crippen LogP contribution < -0.4 is 4.74 Å². The van der Waals surface area contributed by atoms with E-state index in [9.17, 15) is 4.39 Å². The molecule has 1 aromatic heterocycles. The molecule has 0 aliphatic carbocycles. The highest BCUT2D eigenvalue weighted by atomic mass is 79.9. The number of hydrogen-bond acceptors (Lipinski definition) is 2. The Morgan fingerprint density at radius 3 is 2.72 bits per heavy atom. The van der Waals surface area contributed by atoms with Crippen LogP contribution in [0.4, 0.5) is 4.39 Å². The molecule has 0 fully saturated rings. The highest BCUT2D eigenvalue weighted by Crippen LogP contribution is 2.29. The van der Waals surface area contributed by atoms with E-state index in [1.54, 1.807) is 12.1 Å². The Morgan fingerprint density at radius 1 is 1.33 bits per heavy atom. The molecule has 0 saturated carbocycles. The van der Waals surface area contributed by atoms with Gasteiger partial charge >= 0.3 is 0 Å². The Bertz CT molecular complexity index is 577. The number of aromatic nitrogens is 1. The minimum atomic E-state index is -0.323. The van der Waals surface area contributed by atoms with E-state index in [1.165, 1.54) is 12.1 Å². The lowest BCUT2D eigenvalue weighted by atomic mass is 10.2. The summed E-state index contributed by atoms with van der Waals surface area (Å²) < 4.78 is 19.1. The summed E-state index contributed by atoms with van der Waals surface area (Å²) in [5.74, 6) is 1.06. The third-order valence-electron chi connectivity index (χ3n) is 2.42. The Labute approximate surface area is 118 Å². The fraction of sp³-hybridized carbons (Fsp3) is 0.154. The van der Waals surface area contributed by atoms with Gasteiger partial charge in [-0.1, -0.05) is 6.07 Å². The van der Waals surface area contributed by atoms with Gasteiger partial charge in [-0.3, -0.25) is 0 Å². The summed E-state index contributed by atoms with van der Waals surface area (Å²) in [5.41, 5.74) is 1.78. The monoisotopic (exact) mass is 329 g/mol. The van der Waals surface area contributed by atoms with Gasteiger partial charge in [0.25, 0.3) is 0 Å². The Hall–Kier alpha value is -1.13. The van der Waals surface area contributed by atoms with Crippen LogP contribution in [0.15, 0.2) is 34.8 Å². The van der Waals surface area contributed by atoms with E-state index in [0.29, 0.717) is 22.0 Å². The van der Waals surface area contributed by atoms with Crippen molar-refractivity contribution in [3.05, 3.63) is 51.9 Å². The quantitative estimate of drug-likeness (QED) is 0.753. The number of rotatable bonds is 3. The second-order valence-electron chi connectivity index (χ2n) is 3.70. The van der Waals surface area contributed by atoms with E-state index in [2.05, 4.69) is 20.9 Å². The normalized spacial score (nSPS) is 10.4. The van der Waals surface area contributed by atoms with E-state index < -0.39 is 0 Å². The molecule has 18 heavy (non-hydrogen) atoms. The van der Waals surface area contributed by atoms with Crippen LogP contribution in [-0.4, -0.2) is 4.98 Å². The highest BCUT2D eigenvalue weighted by Gasteiger charge is 2.06. The van der Waals surface area contributed by atoms with Crippen molar-refractivity contribution in [2.45, 2.75) is 12.8 Å². The SMILES string of the molecule is Cc1nc(Oc2ccc(F)cc2Br)ccc1CCl.